The summed E-state index contributed by atoms with van der Waals surface area (Å²) >= 11 is 0. The molecule has 2 spiro atoms. The Balaban J connectivity index is 0.796. The molecule has 0 unspecified atom stereocenters. The Morgan fingerprint density at radius 1 is 0.182 bits per heavy atom. The van der Waals surface area contributed by atoms with Crippen molar-refractivity contribution in [3.63, 3.8) is 0 Å². The summed E-state index contributed by atoms with van der Waals surface area (Å²) in [5.41, 5.74) is 40.9. The molecule has 0 aromatic heterocycles. The van der Waals surface area contributed by atoms with E-state index in [0.29, 0.717) is 0 Å². The minimum Gasteiger partial charge on any atom is -0.309 e. The molecule has 0 radical (unpaired) electrons. The summed E-state index contributed by atoms with van der Waals surface area (Å²) in [7, 11) is 0. The highest BCUT2D eigenvalue weighted by Crippen LogP contribution is 2.66. The lowest BCUT2D eigenvalue weighted by Crippen LogP contribution is -2.25. The van der Waals surface area contributed by atoms with Crippen molar-refractivity contribution in [3.05, 3.63) is 457 Å². The van der Waals surface area contributed by atoms with E-state index in [1.54, 1.807) is 0 Å². The lowest BCUT2D eigenvalue weighted by molar-refractivity contribution is 0.590. The SMILES string of the molecule is CC(C)(C)c1cc(N(c2ccc(-c3cccc4c3-c3ccccc3C43c4ccccc4-c4ccccc43)cc2)c2c(-c3ccccc3)cccc2-c2ccccc2)cc(N(c2ccc(-c3cccc4c3-c3ccccc3C43c4ccccc4-c4ccccc43)cc2)c2c(-c3ccccc3)cccc2-c2ccccc2)c1. The zero-order chi connectivity index (χ0) is 73.2. The van der Waals surface area contributed by atoms with Gasteiger partial charge in [0.2, 0.25) is 0 Å². The lowest BCUT2D eigenvalue weighted by Gasteiger charge is -2.35. The number of hydrogen-bond acceptors (Lipinski definition) is 2. The van der Waals surface area contributed by atoms with Gasteiger partial charge in [-0.15, -0.1) is 0 Å². The molecule has 2 nitrogen and oxygen atoms in total. The molecule has 17 aromatic carbocycles. The molecule has 110 heavy (non-hydrogen) atoms. The van der Waals surface area contributed by atoms with E-state index in [9.17, 15) is 0 Å². The van der Waals surface area contributed by atoms with Crippen LogP contribution in [0.1, 0.15) is 70.8 Å². The van der Waals surface area contributed by atoms with Gasteiger partial charge in [-0.3, -0.25) is 0 Å². The lowest BCUT2D eigenvalue weighted by atomic mass is 9.70. The highest BCUT2D eigenvalue weighted by Gasteiger charge is 2.54. The van der Waals surface area contributed by atoms with Gasteiger partial charge in [-0.05, 0) is 187 Å². The average molecular weight is 1400 g/mol. The standard InChI is InChI=1S/C108H76N2/c1-106(2,3)77-68-80(109(104-84(71-32-8-4-9-33-71)48-28-49-85(104)72-34-10-5-11-35-72)78-64-60-75(61-65-78)82-46-30-58-100-102(82)92-44-20-26-56-98(92)107(100)94-52-22-16-40-88(94)89-41-17-23-53-95(89)107)70-81(69-77)110(105-86(73-36-12-6-13-37-73)50-29-51-87(105)74-38-14-7-15-39-74)79-66-62-76(63-67-79)83-47-31-59-101-103(83)93-45-21-27-57-99(93)108(101)96-54-24-18-42-90(96)91-43-19-25-55-97(91)108/h4-70H,1-3H3. The molecule has 0 bridgehead atoms. The molecule has 0 heterocycles. The Kier molecular flexibility index (Phi) is 15.0. The molecule has 0 atom stereocenters. The molecule has 0 saturated heterocycles. The summed E-state index contributed by atoms with van der Waals surface area (Å²) in [5.74, 6) is 0. The minimum atomic E-state index is -0.467. The first kappa shape index (κ1) is 64.7. The Hall–Kier alpha value is -13.7. The van der Waals surface area contributed by atoms with Gasteiger partial charge in [0, 0.05) is 45.0 Å². The van der Waals surface area contributed by atoms with E-state index in [1.807, 2.05) is 0 Å². The maximum Gasteiger partial charge on any atom is 0.0725 e. The van der Waals surface area contributed by atoms with E-state index in [0.717, 1.165) is 89.8 Å². The largest absolute Gasteiger partial charge is 0.309 e. The van der Waals surface area contributed by atoms with Crippen LogP contribution < -0.4 is 9.80 Å². The molecule has 4 aliphatic rings. The molecular weight excluding hydrogens is 1330 g/mol. The van der Waals surface area contributed by atoms with Gasteiger partial charge in [0.05, 0.1) is 22.2 Å². The Bertz CT molecular complexity index is 5890. The van der Waals surface area contributed by atoms with E-state index >= 15 is 0 Å². The van der Waals surface area contributed by atoms with Crippen molar-refractivity contribution in [1.82, 2.24) is 0 Å². The molecule has 0 N–H and O–H groups in total. The van der Waals surface area contributed by atoms with Gasteiger partial charge in [0.25, 0.3) is 0 Å². The number of anilines is 6. The smallest absolute Gasteiger partial charge is 0.0725 e. The van der Waals surface area contributed by atoms with Crippen molar-refractivity contribution >= 4 is 34.1 Å². The maximum atomic E-state index is 2.57. The van der Waals surface area contributed by atoms with Crippen LogP contribution in [-0.4, -0.2) is 0 Å². The van der Waals surface area contributed by atoms with Crippen LogP contribution in [0.3, 0.4) is 0 Å². The summed E-state index contributed by atoms with van der Waals surface area (Å²) in [6.07, 6.45) is 0. The van der Waals surface area contributed by atoms with Crippen LogP contribution in [0, 0.1) is 0 Å². The third-order valence-electron chi connectivity index (χ3n) is 24.1. The second kappa shape index (κ2) is 25.5. The van der Waals surface area contributed by atoms with Gasteiger partial charge in [0.1, 0.15) is 0 Å². The summed E-state index contributed by atoms with van der Waals surface area (Å²) in [5, 5.41) is 0. The second-order valence-electron chi connectivity index (χ2n) is 30.9. The van der Waals surface area contributed by atoms with Crippen LogP contribution in [0.15, 0.2) is 406 Å². The summed E-state index contributed by atoms with van der Waals surface area (Å²) in [6.45, 7) is 7.09. The number of fused-ring (bicyclic) bond motifs is 20. The van der Waals surface area contributed by atoms with Crippen molar-refractivity contribution in [3.8, 4) is 111 Å². The number of benzene rings is 17. The number of nitrogens with zero attached hydrogens (tertiary/aromatic N) is 2. The third kappa shape index (κ3) is 9.75. The van der Waals surface area contributed by atoms with Crippen LogP contribution in [0.25, 0.3) is 111 Å². The second-order valence-corrected chi connectivity index (χ2v) is 30.9. The zero-order valence-corrected chi connectivity index (χ0v) is 61.6. The van der Waals surface area contributed by atoms with Gasteiger partial charge in [-0.2, -0.15) is 0 Å². The fourth-order valence-corrected chi connectivity index (χ4v) is 19.4. The van der Waals surface area contributed by atoms with Gasteiger partial charge in [0.15, 0.2) is 0 Å². The van der Waals surface area contributed by atoms with Crippen molar-refractivity contribution in [2.75, 3.05) is 9.80 Å². The van der Waals surface area contributed by atoms with E-state index in [2.05, 4.69) is 437 Å². The highest BCUT2D eigenvalue weighted by molar-refractivity contribution is 6.05. The quantitative estimate of drug-likeness (QED) is 0.120. The van der Waals surface area contributed by atoms with Crippen molar-refractivity contribution in [2.45, 2.75) is 37.0 Å². The predicted molar refractivity (Wildman–Crippen MR) is 460 cm³/mol. The van der Waals surface area contributed by atoms with Crippen LogP contribution in [0.4, 0.5) is 34.1 Å². The van der Waals surface area contributed by atoms with E-state index in [4.69, 9.17) is 0 Å². The summed E-state index contributed by atoms with van der Waals surface area (Å²) in [4.78, 5) is 5.15. The van der Waals surface area contributed by atoms with Gasteiger partial charge >= 0.3 is 0 Å². The number of hydrogen-bond donors (Lipinski definition) is 0. The zero-order valence-electron chi connectivity index (χ0n) is 61.6. The fraction of sp³-hybridized carbons (Fsp3) is 0.0556. The van der Waals surface area contributed by atoms with Gasteiger partial charge < -0.3 is 9.80 Å². The van der Waals surface area contributed by atoms with E-state index in [-0.39, 0.29) is 5.41 Å². The molecule has 2 heteroatoms. The number of rotatable bonds is 12. The maximum absolute atomic E-state index is 2.57. The molecular formula is C108H76N2. The van der Waals surface area contributed by atoms with Crippen molar-refractivity contribution in [2.24, 2.45) is 0 Å². The third-order valence-corrected chi connectivity index (χ3v) is 24.1. The first-order valence-corrected chi connectivity index (χ1v) is 38.5. The normalized spacial score (nSPS) is 13.2. The number of para-hydroxylation sites is 2. The van der Waals surface area contributed by atoms with E-state index in [1.165, 1.54) is 106 Å². The van der Waals surface area contributed by atoms with Gasteiger partial charge in [-0.1, -0.05) is 385 Å². The van der Waals surface area contributed by atoms with Crippen LogP contribution >= 0.6 is 0 Å². The molecule has 4 aliphatic carbocycles. The molecule has 0 fully saturated rings. The highest BCUT2D eigenvalue weighted by atomic mass is 15.2. The monoisotopic (exact) mass is 1400 g/mol. The summed E-state index contributed by atoms with van der Waals surface area (Å²) < 4.78 is 0. The fourth-order valence-electron chi connectivity index (χ4n) is 19.4. The molecule has 0 aliphatic heterocycles. The summed E-state index contributed by atoms with van der Waals surface area (Å²) in [6, 6.07) is 153. The van der Waals surface area contributed by atoms with Crippen LogP contribution in [-0.2, 0) is 16.2 Å². The molecule has 17 aromatic rings. The first-order chi connectivity index (χ1) is 54.2. The van der Waals surface area contributed by atoms with Crippen LogP contribution in [0.5, 0.6) is 0 Å². The molecule has 0 amide bonds. The van der Waals surface area contributed by atoms with Gasteiger partial charge in [-0.25, -0.2) is 0 Å². The minimum absolute atomic E-state index is 0.332. The Morgan fingerprint density at radius 3 is 0.709 bits per heavy atom. The molecule has 0 saturated carbocycles. The van der Waals surface area contributed by atoms with Crippen molar-refractivity contribution in [1.29, 1.82) is 0 Å². The molecule has 518 valence electrons. The average Bonchev–Trinajstić information content (AvgIpc) is 1.51. The Labute approximate surface area is 644 Å². The first-order valence-electron chi connectivity index (χ1n) is 38.5. The predicted octanol–water partition coefficient (Wildman–Crippen LogP) is 28.6. The molecule has 21 rings (SSSR count). The van der Waals surface area contributed by atoms with Crippen molar-refractivity contribution < 1.29 is 0 Å². The topological polar surface area (TPSA) is 6.48 Å². The Morgan fingerprint density at radius 2 is 0.409 bits per heavy atom. The van der Waals surface area contributed by atoms with E-state index < -0.39 is 10.8 Å². The van der Waals surface area contributed by atoms with Crippen LogP contribution in [0.2, 0.25) is 0 Å².